The minimum absolute atomic E-state index is 0.0645. The number of rotatable bonds is 21. The zero-order valence-electron chi connectivity index (χ0n) is 63.7. The molecule has 5 aliphatic heterocycles. The van der Waals surface area contributed by atoms with Gasteiger partial charge in [-0.1, -0.05) is 119 Å². The average Bonchev–Trinajstić information content (AvgIpc) is 1.05. The van der Waals surface area contributed by atoms with Crippen LogP contribution in [0.1, 0.15) is 96.6 Å². The molecule has 6 aromatic carbocycles. The SMILES string of the molecule is CC[C@H]1OC(=O)[C@H](O[Si](C)(C)C)[C@@H](O[Si](C)(C)C)[C@@H]1C.COc1ccc(Cc2cc(Br)ccc2Cl)cc1.COc1ccc(Cc2cc([C@@H]3O[C@H](CO)[C@@H](O)[C@H](O)[C@H]3O)ccc2Cl)cc1.COc1ccc(Cc2cc([C@]3(OC)O[C@H](CO)[C@@H](O)[C@H](O)[C@H]3O)ccc2Cl)cc1.O=C(O)[C@@H]1CCCN1.O=C(O)[C@@H]1CCCN1. The number of carbonyl (C=O) groups is 3. The quantitative estimate of drug-likeness (QED) is 0.0235. The lowest BCUT2D eigenvalue weighted by molar-refractivity contribution is -0.366. The number of aliphatic carboxylic acids is 2. The zero-order chi connectivity index (χ0) is 80.7. The Morgan fingerprint density at radius 2 is 0.991 bits per heavy atom. The van der Waals surface area contributed by atoms with E-state index in [1.165, 1.54) is 12.7 Å². The number of methoxy groups -OCH3 is 4. The van der Waals surface area contributed by atoms with Gasteiger partial charge in [0, 0.05) is 38.1 Å². The Morgan fingerprint density at radius 3 is 1.39 bits per heavy atom. The van der Waals surface area contributed by atoms with E-state index in [-0.39, 0.29) is 36.2 Å². The molecule has 5 heterocycles. The fourth-order valence-electron chi connectivity index (χ4n) is 12.7. The maximum atomic E-state index is 12.3. The van der Waals surface area contributed by atoms with Crippen molar-refractivity contribution in [1.29, 1.82) is 0 Å². The van der Waals surface area contributed by atoms with E-state index in [0.29, 0.717) is 34.0 Å². The molecular weight excluding hydrogens is 1570 g/mol. The molecule has 0 unspecified atom stereocenters. The first-order valence-corrected chi connectivity index (χ1v) is 44.9. The Hall–Kier alpha value is -5.69. The number of esters is 1. The second kappa shape index (κ2) is 43.5. The topological polar surface area (TPSA) is 361 Å². The minimum atomic E-state index is -1.83. The molecule has 5 saturated heterocycles. The van der Waals surface area contributed by atoms with Crippen LogP contribution in [-0.2, 0) is 67.2 Å². The van der Waals surface area contributed by atoms with Crippen molar-refractivity contribution in [3.63, 3.8) is 0 Å². The number of hydrogen-bond donors (Lipinski definition) is 12. The summed E-state index contributed by atoms with van der Waals surface area (Å²) >= 11 is 22.3. The van der Waals surface area contributed by atoms with Gasteiger partial charge in [0.25, 0.3) is 0 Å². The average molecular weight is 1680 g/mol. The van der Waals surface area contributed by atoms with E-state index in [2.05, 4.69) is 84.9 Å². The predicted molar refractivity (Wildman–Crippen MR) is 424 cm³/mol. The second-order valence-electron chi connectivity index (χ2n) is 28.9. The molecule has 0 amide bonds. The number of carbonyl (C=O) groups excluding carboxylic acids is 1. The lowest BCUT2D eigenvalue weighted by Crippen LogP contribution is -2.64. The first-order chi connectivity index (χ1) is 51.5. The Kier molecular flexibility index (Phi) is 36.8. The summed E-state index contributed by atoms with van der Waals surface area (Å²) in [7, 11) is 2.61. The Balaban J connectivity index is 0.000000215. The van der Waals surface area contributed by atoms with Crippen molar-refractivity contribution in [2.75, 3.05) is 54.7 Å². The molecule has 602 valence electrons. The molecule has 0 bridgehead atoms. The highest BCUT2D eigenvalue weighted by atomic mass is 79.9. The van der Waals surface area contributed by atoms with Gasteiger partial charge in [-0.15, -0.1) is 0 Å². The second-order valence-corrected chi connectivity index (χ2v) is 40.0. The lowest BCUT2D eigenvalue weighted by Gasteiger charge is -2.47. The van der Waals surface area contributed by atoms with Crippen molar-refractivity contribution in [2.45, 2.75) is 196 Å². The van der Waals surface area contributed by atoms with E-state index < -0.39 is 109 Å². The molecule has 0 saturated carbocycles. The van der Waals surface area contributed by atoms with Crippen molar-refractivity contribution in [3.8, 4) is 17.2 Å². The number of ether oxygens (including phenoxy) is 7. The van der Waals surface area contributed by atoms with Gasteiger partial charge in [-0.3, -0.25) is 9.59 Å². The summed E-state index contributed by atoms with van der Waals surface area (Å²) in [6.45, 7) is 17.5. The number of cyclic esters (lactones) is 1. The first kappa shape index (κ1) is 92.2. The summed E-state index contributed by atoms with van der Waals surface area (Å²) in [6.07, 6.45) is -6.22. The van der Waals surface area contributed by atoms with Gasteiger partial charge < -0.3 is 104 Å². The van der Waals surface area contributed by atoms with Crippen LogP contribution in [0.25, 0.3) is 0 Å². The summed E-state index contributed by atoms with van der Waals surface area (Å²) in [4.78, 5) is 32.6. The van der Waals surface area contributed by atoms with E-state index in [1.807, 2.05) is 85.8 Å². The van der Waals surface area contributed by atoms with Crippen LogP contribution in [0, 0.1) is 5.92 Å². The number of halogens is 4. The number of hydrogen-bond acceptors (Lipinski definition) is 22. The minimum Gasteiger partial charge on any atom is -0.497 e. The Labute approximate surface area is 664 Å². The van der Waals surface area contributed by atoms with Crippen molar-refractivity contribution in [1.82, 2.24) is 10.6 Å². The molecule has 109 heavy (non-hydrogen) atoms. The number of carboxylic acid groups (broad SMARTS) is 2. The van der Waals surface area contributed by atoms with E-state index in [0.717, 1.165) is 106 Å². The molecule has 30 heteroatoms. The highest BCUT2D eigenvalue weighted by Gasteiger charge is 2.55. The smallest absolute Gasteiger partial charge is 0.337 e. The number of carboxylic acids is 2. The number of benzene rings is 6. The van der Waals surface area contributed by atoms with Crippen LogP contribution in [0.15, 0.2) is 132 Å². The highest BCUT2D eigenvalue weighted by molar-refractivity contribution is 9.10. The van der Waals surface area contributed by atoms with Crippen molar-refractivity contribution in [2.24, 2.45) is 5.92 Å². The number of aliphatic hydroxyl groups excluding tert-OH is 8. The molecule has 0 aromatic heterocycles. The standard InChI is InChI=1S/C21H25ClO7.C20H23ClO6.C14H12BrClO.C14H30O4Si2.2C5H9NO2/c1-27-15-6-3-12(4-7-15)9-13-10-14(5-8-16(13)22)21(28-2)20(26)19(25)18(24)17(11-23)29-21;1-26-14-5-2-11(3-6-14)8-13-9-12(4-7-15(13)21)20-19(25)18(24)17(23)16(10-22)27-20;1-17-13-5-2-10(3-6-13)8-11-9-12(15)4-7-14(11)16;1-9-11-10(2)12(17-19(3,4)5)13(14(15)16-11)18-20(6,7)8;2*7-5(8)4-2-1-3-6-4/h3-8,10,17-20,23-26H,9,11H2,1-2H3;2-7,9,16-20,22-25H,8,10H2,1H3;2-7,9H,8H2,1H3;10-13H,9H2,1-8H3;2*4,6H,1-3H2,(H,7,8)/t17-,18-,19+,20-,21+;16-,17-,18+,19-,20+;;10-,11-,12+,13-;2*4-/m11.100/s1. The van der Waals surface area contributed by atoms with Gasteiger partial charge in [0.15, 0.2) is 22.7 Å². The number of nitrogens with one attached hydrogen (secondary N) is 2. The van der Waals surface area contributed by atoms with Gasteiger partial charge in [0.2, 0.25) is 5.79 Å². The van der Waals surface area contributed by atoms with Crippen LogP contribution in [0.4, 0.5) is 0 Å². The van der Waals surface area contributed by atoms with E-state index >= 15 is 0 Å². The predicted octanol–water partition coefficient (Wildman–Crippen LogP) is 10.4. The zero-order valence-corrected chi connectivity index (χ0v) is 69.5. The molecule has 0 spiro atoms. The first-order valence-electron chi connectivity index (χ1n) is 36.1. The van der Waals surface area contributed by atoms with Crippen LogP contribution in [0.5, 0.6) is 17.2 Å². The molecule has 6 aromatic rings. The van der Waals surface area contributed by atoms with Gasteiger partial charge in [-0.25, -0.2) is 4.79 Å². The molecule has 0 aliphatic carbocycles. The van der Waals surface area contributed by atoms with E-state index in [9.17, 15) is 55.2 Å². The normalized spacial score (nSPS) is 26.5. The molecule has 12 N–H and O–H groups in total. The summed E-state index contributed by atoms with van der Waals surface area (Å²) < 4.78 is 51.3. The molecule has 24 nitrogen and oxygen atoms in total. The van der Waals surface area contributed by atoms with Crippen LogP contribution < -0.4 is 24.8 Å². The molecule has 0 radical (unpaired) electrons. The fourth-order valence-corrected chi connectivity index (χ4v) is 15.8. The van der Waals surface area contributed by atoms with Gasteiger partial charge in [-0.05, 0) is 215 Å². The molecule has 11 rings (SSSR count). The summed E-state index contributed by atoms with van der Waals surface area (Å²) in [6, 6.07) is 38.7. The monoisotopic (exact) mass is 1680 g/mol. The van der Waals surface area contributed by atoms with Crippen LogP contribution in [0.2, 0.25) is 54.3 Å². The largest absolute Gasteiger partial charge is 0.497 e. The van der Waals surface area contributed by atoms with Crippen molar-refractivity contribution in [3.05, 3.63) is 191 Å². The van der Waals surface area contributed by atoms with Gasteiger partial charge >= 0.3 is 17.9 Å². The summed E-state index contributed by atoms with van der Waals surface area (Å²) in [5.41, 5.74) is 6.95. The molecule has 16 atom stereocenters. The lowest BCUT2D eigenvalue weighted by atomic mass is 9.87. The van der Waals surface area contributed by atoms with Crippen LogP contribution in [-0.4, -0.2) is 220 Å². The molecule has 5 fully saturated rings. The highest BCUT2D eigenvalue weighted by Crippen LogP contribution is 2.42. The van der Waals surface area contributed by atoms with Crippen molar-refractivity contribution >= 4 is 85.3 Å². The third-order valence-corrected chi connectivity index (χ3v) is 22.2. The van der Waals surface area contributed by atoms with Crippen molar-refractivity contribution < 1.29 is 107 Å². The molecule has 5 aliphatic rings. The maximum Gasteiger partial charge on any atom is 0.337 e. The summed E-state index contributed by atoms with van der Waals surface area (Å²) in [5.74, 6) is -0.913. The van der Waals surface area contributed by atoms with E-state index in [1.54, 1.807) is 57.7 Å². The summed E-state index contributed by atoms with van der Waals surface area (Å²) in [5, 5.41) is 104. The fraction of sp³-hybridized carbons (Fsp3) is 0.506. The van der Waals surface area contributed by atoms with Gasteiger partial charge in [-0.2, -0.15) is 0 Å². The third-order valence-electron chi connectivity index (χ3n) is 18.7. The van der Waals surface area contributed by atoms with Gasteiger partial charge in [0.1, 0.15) is 90.4 Å². The third kappa shape index (κ3) is 27.0. The number of aliphatic hydroxyl groups is 8. The van der Waals surface area contributed by atoms with Gasteiger partial charge in [0.05, 0.1) is 40.6 Å². The maximum absolute atomic E-state index is 12.3. The van der Waals surface area contributed by atoms with Crippen LogP contribution >= 0.6 is 50.7 Å². The van der Waals surface area contributed by atoms with E-state index in [4.69, 9.17) is 87.0 Å². The Bertz CT molecular complexity index is 3770. The van der Waals surface area contributed by atoms with Crippen LogP contribution in [0.3, 0.4) is 0 Å². The Morgan fingerprint density at radius 1 is 0.560 bits per heavy atom. The molecular formula is C79H108BrCl3N2O22Si2.